The molecule has 3 rings (SSSR count). The van der Waals surface area contributed by atoms with E-state index in [9.17, 15) is 13.2 Å². The number of carboxylic acids is 1. The second kappa shape index (κ2) is 6.74. The van der Waals surface area contributed by atoms with E-state index in [0.29, 0.717) is 29.2 Å². The number of sulfonamides is 1. The zero-order valence-corrected chi connectivity index (χ0v) is 15.6. The molecule has 132 valence electrons. The molecule has 2 N–H and O–H groups in total. The van der Waals surface area contributed by atoms with Gasteiger partial charge in [0.25, 0.3) is 10.0 Å². The normalized spacial score (nSPS) is 13.4. The third-order valence-electron chi connectivity index (χ3n) is 3.35. The Morgan fingerprint density at radius 2 is 1.80 bits per heavy atom. The first-order valence-electron chi connectivity index (χ1n) is 6.93. The number of halogens is 2. The van der Waals surface area contributed by atoms with Crippen LogP contribution >= 0.6 is 27.5 Å². The van der Waals surface area contributed by atoms with Crippen LogP contribution in [0.5, 0.6) is 11.5 Å². The van der Waals surface area contributed by atoms with Crippen LogP contribution in [0.25, 0.3) is 0 Å². The average molecular weight is 449 g/mol. The molecule has 0 aliphatic carbocycles. The molecular formula is C15H11BrClNO6S. The first kappa shape index (κ1) is 17.8. The van der Waals surface area contributed by atoms with Gasteiger partial charge in [-0.1, -0.05) is 11.6 Å². The van der Waals surface area contributed by atoms with Crippen LogP contribution < -0.4 is 14.2 Å². The third kappa shape index (κ3) is 3.68. The predicted octanol–water partition coefficient (Wildman–Crippen LogP) is 3.37. The van der Waals surface area contributed by atoms with Gasteiger partial charge in [0, 0.05) is 16.6 Å². The summed E-state index contributed by atoms with van der Waals surface area (Å²) in [6, 6.07) is 6.53. The molecule has 2 aromatic rings. The Kier molecular flexibility index (Phi) is 4.81. The quantitative estimate of drug-likeness (QED) is 0.743. The second-order valence-corrected chi connectivity index (χ2v) is 7.97. The van der Waals surface area contributed by atoms with Crippen LogP contribution in [0.3, 0.4) is 0 Å². The number of nitrogens with one attached hydrogen (secondary N) is 1. The van der Waals surface area contributed by atoms with Crippen LogP contribution in [0, 0.1) is 0 Å². The Balaban J connectivity index is 1.97. The molecule has 25 heavy (non-hydrogen) atoms. The summed E-state index contributed by atoms with van der Waals surface area (Å²) in [5, 5.41) is 9.04. The van der Waals surface area contributed by atoms with Crippen molar-refractivity contribution in [3.05, 3.63) is 45.4 Å². The molecule has 0 saturated heterocycles. The summed E-state index contributed by atoms with van der Waals surface area (Å²) in [6.45, 7) is 0.771. The first-order chi connectivity index (χ1) is 11.8. The molecule has 0 saturated carbocycles. The van der Waals surface area contributed by atoms with Crippen molar-refractivity contribution >= 4 is 49.2 Å². The molecule has 1 aliphatic heterocycles. The Bertz CT molecular complexity index is 963. The van der Waals surface area contributed by atoms with Gasteiger partial charge in [-0.2, -0.15) is 0 Å². The van der Waals surface area contributed by atoms with Crippen molar-refractivity contribution in [2.75, 3.05) is 17.9 Å². The minimum Gasteiger partial charge on any atom is -0.486 e. The standard InChI is InChI=1S/C15H11BrClNO6S/c16-10-6-13-14(24-4-3-23-13)7-12(10)18-25(21,22)8-1-2-11(17)9(5-8)15(19)20/h1-2,5-7,18H,3-4H2,(H,19,20). The second-order valence-electron chi connectivity index (χ2n) is 5.03. The molecule has 1 heterocycles. The smallest absolute Gasteiger partial charge is 0.337 e. The summed E-state index contributed by atoms with van der Waals surface area (Å²) < 4.78 is 38.8. The van der Waals surface area contributed by atoms with Crippen molar-refractivity contribution < 1.29 is 27.8 Å². The zero-order chi connectivity index (χ0) is 18.2. The van der Waals surface area contributed by atoms with Gasteiger partial charge in [0.15, 0.2) is 11.5 Å². The lowest BCUT2D eigenvalue weighted by Gasteiger charge is -2.20. The summed E-state index contributed by atoms with van der Waals surface area (Å²) >= 11 is 9.04. The Hall–Kier alpha value is -1.97. The summed E-state index contributed by atoms with van der Waals surface area (Å²) in [5.41, 5.74) is -0.0677. The van der Waals surface area contributed by atoms with E-state index in [2.05, 4.69) is 20.7 Å². The van der Waals surface area contributed by atoms with Crippen molar-refractivity contribution in [1.82, 2.24) is 0 Å². The fourth-order valence-electron chi connectivity index (χ4n) is 2.18. The summed E-state index contributed by atoms with van der Waals surface area (Å²) in [6.07, 6.45) is 0. The molecule has 1 aliphatic rings. The summed E-state index contributed by atoms with van der Waals surface area (Å²) in [5.74, 6) is -0.405. The average Bonchev–Trinajstić information content (AvgIpc) is 2.55. The van der Waals surface area contributed by atoms with Crippen LogP contribution in [-0.2, 0) is 10.0 Å². The Labute approximate surface area is 156 Å². The molecule has 7 nitrogen and oxygen atoms in total. The highest BCUT2D eigenvalue weighted by Crippen LogP contribution is 2.39. The van der Waals surface area contributed by atoms with Crippen molar-refractivity contribution in [2.45, 2.75) is 4.90 Å². The maximum atomic E-state index is 12.6. The van der Waals surface area contributed by atoms with Crippen LogP contribution in [0.15, 0.2) is 39.7 Å². The van der Waals surface area contributed by atoms with Gasteiger partial charge in [-0.05, 0) is 34.1 Å². The maximum Gasteiger partial charge on any atom is 0.337 e. The van der Waals surface area contributed by atoms with Crippen molar-refractivity contribution in [1.29, 1.82) is 0 Å². The van der Waals surface area contributed by atoms with E-state index < -0.39 is 16.0 Å². The Morgan fingerprint density at radius 3 is 2.44 bits per heavy atom. The molecule has 10 heteroatoms. The van der Waals surface area contributed by atoms with E-state index in [1.165, 1.54) is 18.2 Å². The van der Waals surface area contributed by atoms with Crippen LogP contribution in [0.4, 0.5) is 5.69 Å². The number of anilines is 1. The monoisotopic (exact) mass is 447 g/mol. The van der Waals surface area contributed by atoms with Gasteiger partial charge >= 0.3 is 5.97 Å². The summed E-state index contributed by atoms with van der Waals surface area (Å²) in [7, 11) is -4.03. The van der Waals surface area contributed by atoms with Crippen LogP contribution in [0.1, 0.15) is 10.4 Å². The molecule has 0 aromatic heterocycles. The lowest BCUT2D eigenvalue weighted by molar-refractivity contribution is 0.0697. The molecule has 0 fully saturated rings. The van der Waals surface area contributed by atoms with Crippen LogP contribution in [0.2, 0.25) is 5.02 Å². The molecular weight excluding hydrogens is 438 g/mol. The first-order valence-corrected chi connectivity index (χ1v) is 9.58. The predicted molar refractivity (Wildman–Crippen MR) is 94.4 cm³/mol. The van der Waals surface area contributed by atoms with E-state index in [0.717, 1.165) is 6.07 Å². The topological polar surface area (TPSA) is 102 Å². The van der Waals surface area contributed by atoms with E-state index in [1.807, 2.05) is 0 Å². The highest BCUT2D eigenvalue weighted by molar-refractivity contribution is 9.10. The van der Waals surface area contributed by atoms with Gasteiger partial charge in [-0.25, -0.2) is 13.2 Å². The highest BCUT2D eigenvalue weighted by Gasteiger charge is 2.22. The summed E-state index contributed by atoms with van der Waals surface area (Å²) in [4.78, 5) is 10.9. The van der Waals surface area contributed by atoms with Gasteiger partial charge in [0.05, 0.1) is 21.2 Å². The zero-order valence-electron chi connectivity index (χ0n) is 12.5. The number of benzene rings is 2. The fourth-order valence-corrected chi connectivity index (χ4v) is 4.03. The van der Waals surface area contributed by atoms with Gasteiger partial charge < -0.3 is 14.6 Å². The number of aromatic carboxylic acids is 1. The third-order valence-corrected chi connectivity index (χ3v) is 5.70. The van der Waals surface area contributed by atoms with E-state index in [4.69, 9.17) is 26.2 Å². The minimum absolute atomic E-state index is 0.0491. The van der Waals surface area contributed by atoms with Crippen molar-refractivity contribution in [2.24, 2.45) is 0 Å². The Morgan fingerprint density at radius 1 is 1.16 bits per heavy atom. The number of ether oxygens (including phenoxy) is 2. The van der Waals surface area contributed by atoms with E-state index in [1.54, 1.807) is 6.07 Å². The number of hydrogen-bond acceptors (Lipinski definition) is 5. The van der Waals surface area contributed by atoms with Gasteiger partial charge in [-0.3, -0.25) is 4.72 Å². The number of carbonyl (C=O) groups is 1. The highest BCUT2D eigenvalue weighted by atomic mass is 79.9. The molecule has 0 spiro atoms. The van der Waals surface area contributed by atoms with Gasteiger partial charge in [0.2, 0.25) is 0 Å². The maximum absolute atomic E-state index is 12.6. The molecule has 0 bridgehead atoms. The lowest BCUT2D eigenvalue weighted by Crippen LogP contribution is -2.17. The molecule has 0 unspecified atom stereocenters. The lowest BCUT2D eigenvalue weighted by atomic mass is 10.2. The number of hydrogen-bond donors (Lipinski definition) is 2. The SMILES string of the molecule is O=C(O)c1cc(S(=O)(=O)Nc2cc3c(cc2Br)OCCO3)ccc1Cl. The fraction of sp³-hybridized carbons (Fsp3) is 0.133. The van der Waals surface area contributed by atoms with Crippen molar-refractivity contribution in [3.8, 4) is 11.5 Å². The molecule has 0 amide bonds. The minimum atomic E-state index is -4.03. The van der Waals surface area contributed by atoms with Gasteiger partial charge in [0.1, 0.15) is 13.2 Å². The number of fused-ring (bicyclic) bond motifs is 1. The van der Waals surface area contributed by atoms with Gasteiger partial charge in [-0.15, -0.1) is 0 Å². The molecule has 0 atom stereocenters. The van der Waals surface area contributed by atoms with E-state index >= 15 is 0 Å². The van der Waals surface area contributed by atoms with Crippen molar-refractivity contribution in [3.63, 3.8) is 0 Å². The van der Waals surface area contributed by atoms with E-state index in [-0.39, 0.29) is 21.2 Å². The largest absolute Gasteiger partial charge is 0.486 e. The molecule has 2 aromatic carbocycles. The molecule has 0 radical (unpaired) electrons. The number of rotatable bonds is 4. The number of carboxylic acid groups (broad SMARTS) is 1. The van der Waals surface area contributed by atoms with Crippen LogP contribution in [-0.4, -0.2) is 32.7 Å².